The summed E-state index contributed by atoms with van der Waals surface area (Å²) in [5.74, 6) is 0. The van der Waals surface area contributed by atoms with E-state index in [1.807, 2.05) is 31.2 Å². The molecule has 1 heterocycles. The van der Waals surface area contributed by atoms with Crippen molar-refractivity contribution in [1.82, 2.24) is 4.98 Å². The van der Waals surface area contributed by atoms with Gasteiger partial charge in [0.25, 0.3) is 0 Å². The van der Waals surface area contributed by atoms with Crippen molar-refractivity contribution in [2.24, 2.45) is 5.14 Å². The van der Waals surface area contributed by atoms with E-state index in [0.717, 1.165) is 22.2 Å². The number of nitrogens with zero attached hydrogens (tertiary/aromatic N) is 1. The summed E-state index contributed by atoms with van der Waals surface area (Å²) in [5.41, 5.74) is 2.50. The second-order valence-electron chi connectivity index (χ2n) is 5.50. The number of hydrogen-bond acceptors (Lipinski definition) is 4. The molecule has 0 fully saturated rings. The van der Waals surface area contributed by atoms with Crippen molar-refractivity contribution in [3.05, 3.63) is 65.3 Å². The summed E-state index contributed by atoms with van der Waals surface area (Å²) in [6.45, 7) is 1.95. The first-order valence-electron chi connectivity index (χ1n) is 7.28. The van der Waals surface area contributed by atoms with Crippen molar-refractivity contribution < 1.29 is 8.42 Å². The van der Waals surface area contributed by atoms with Crippen molar-refractivity contribution in [3.63, 3.8) is 0 Å². The van der Waals surface area contributed by atoms with E-state index < -0.39 is 10.0 Å². The SMILES string of the molecule is CC(Nc1ccnc2cc(Cl)ccc12)c1cccc(S(N)(=O)=O)c1. The van der Waals surface area contributed by atoms with Crippen LogP contribution in [0.4, 0.5) is 5.69 Å². The zero-order valence-electron chi connectivity index (χ0n) is 12.9. The molecule has 3 aromatic rings. The Morgan fingerprint density at radius 1 is 1.17 bits per heavy atom. The van der Waals surface area contributed by atoms with Crippen LogP contribution in [0.5, 0.6) is 0 Å². The highest BCUT2D eigenvalue weighted by Gasteiger charge is 2.12. The minimum atomic E-state index is -3.72. The summed E-state index contributed by atoms with van der Waals surface area (Å²) in [6.07, 6.45) is 1.70. The number of primary sulfonamides is 1. The monoisotopic (exact) mass is 361 g/mol. The summed E-state index contributed by atoms with van der Waals surface area (Å²) in [6, 6.07) is 13.9. The van der Waals surface area contributed by atoms with Gasteiger partial charge in [-0.15, -0.1) is 0 Å². The van der Waals surface area contributed by atoms with Crippen LogP contribution < -0.4 is 10.5 Å². The minimum absolute atomic E-state index is 0.0972. The van der Waals surface area contributed by atoms with Crippen molar-refractivity contribution in [3.8, 4) is 0 Å². The fourth-order valence-corrected chi connectivity index (χ4v) is 3.26. The third kappa shape index (κ3) is 3.51. The van der Waals surface area contributed by atoms with Gasteiger partial charge < -0.3 is 5.32 Å². The van der Waals surface area contributed by atoms with Gasteiger partial charge in [-0.3, -0.25) is 4.98 Å². The maximum absolute atomic E-state index is 11.5. The molecule has 0 saturated heterocycles. The number of fused-ring (bicyclic) bond motifs is 1. The predicted octanol–water partition coefficient (Wildman–Crippen LogP) is 3.71. The van der Waals surface area contributed by atoms with Gasteiger partial charge in [-0.2, -0.15) is 0 Å². The van der Waals surface area contributed by atoms with Crippen molar-refractivity contribution in [2.75, 3.05) is 5.32 Å². The molecule has 124 valence electrons. The van der Waals surface area contributed by atoms with Gasteiger partial charge in [0, 0.05) is 28.3 Å². The lowest BCUT2D eigenvalue weighted by Gasteiger charge is -2.18. The first-order chi connectivity index (χ1) is 11.3. The Hall–Kier alpha value is -2.15. The van der Waals surface area contributed by atoms with Crippen LogP contribution in [0.15, 0.2) is 59.6 Å². The van der Waals surface area contributed by atoms with Gasteiger partial charge in [-0.05, 0) is 48.9 Å². The molecule has 0 amide bonds. The van der Waals surface area contributed by atoms with E-state index in [0.29, 0.717) is 5.02 Å². The smallest absolute Gasteiger partial charge is 0.238 e. The standard InChI is InChI=1S/C17H16ClN3O2S/c1-11(12-3-2-4-14(9-12)24(19,22)23)21-16-7-8-20-17-10-13(18)5-6-15(16)17/h2-11H,1H3,(H,20,21)(H2,19,22,23). The van der Waals surface area contributed by atoms with Gasteiger partial charge in [0.05, 0.1) is 10.4 Å². The predicted molar refractivity (Wildman–Crippen MR) is 96.6 cm³/mol. The lowest BCUT2D eigenvalue weighted by atomic mass is 10.1. The average Bonchev–Trinajstić information content (AvgIpc) is 2.54. The molecule has 3 rings (SSSR count). The number of nitrogens with one attached hydrogen (secondary N) is 1. The summed E-state index contributed by atoms with van der Waals surface area (Å²) in [4.78, 5) is 4.41. The number of benzene rings is 2. The lowest BCUT2D eigenvalue weighted by molar-refractivity contribution is 0.597. The zero-order valence-corrected chi connectivity index (χ0v) is 14.5. The van der Waals surface area contributed by atoms with E-state index >= 15 is 0 Å². The normalized spacial score (nSPS) is 13.0. The highest BCUT2D eigenvalue weighted by atomic mass is 35.5. The number of nitrogens with two attached hydrogens (primary N) is 1. The van der Waals surface area contributed by atoms with Gasteiger partial charge >= 0.3 is 0 Å². The molecule has 1 unspecified atom stereocenters. The molecule has 0 spiro atoms. The molecule has 0 aliphatic carbocycles. The first-order valence-corrected chi connectivity index (χ1v) is 9.20. The van der Waals surface area contributed by atoms with E-state index in [2.05, 4.69) is 10.3 Å². The van der Waals surface area contributed by atoms with Crippen LogP contribution in [0.3, 0.4) is 0 Å². The summed E-state index contributed by atoms with van der Waals surface area (Å²) in [7, 11) is -3.72. The van der Waals surface area contributed by atoms with Gasteiger partial charge in [-0.1, -0.05) is 23.7 Å². The fraction of sp³-hybridized carbons (Fsp3) is 0.118. The Morgan fingerprint density at radius 2 is 1.96 bits per heavy atom. The molecule has 1 atom stereocenters. The quantitative estimate of drug-likeness (QED) is 0.741. The molecular formula is C17H16ClN3O2S. The lowest BCUT2D eigenvalue weighted by Crippen LogP contribution is -2.13. The highest BCUT2D eigenvalue weighted by molar-refractivity contribution is 7.89. The number of halogens is 1. The van der Waals surface area contributed by atoms with Crippen molar-refractivity contribution in [1.29, 1.82) is 0 Å². The Morgan fingerprint density at radius 3 is 2.71 bits per heavy atom. The Labute approximate surface area is 145 Å². The molecule has 24 heavy (non-hydrogen) atoms. The second kappa shape index (κ2) is 6.39. The number of sulfonamides is 1. The Bertz CT molecular complexity index is 1010. The third-order valence-corrected chi connectivity index (χ3v) is 4.91. The molecule has 0 aliphatic heterocycles. The van der Waals surface area contributed by atoms with Gasteiger partial charge in [0.15, 0.2) is 0 Å². The van der Waals surface area contributed by atoms with E-state index in [4.69, 9.17) is 16.7 Å². The molecule has 7 heteroatoms. The molecule has 0 bridgehead atoms. The van der Waals surface area contributed by atoms with Crippen LogP contribution in [0.1, 0.15) is 18.5 Å². The molecule has 2 aromatic carbocycles. The van der Waals surface area contributed by atoms with Crippen LogP contribution >= 0.6 is 11.6 Å². The van der Waals surface area contributed by atoms with Gasteiger partial charge in [0.1, 0.15) is 0 Å². The van der Waals surface area contributed by atoms with Crippen LogP contribution in [-0.4, -0.2) is 13.4 Å². The molecular weight excluding hydrogens is 346 g/mol. The Kier molecular flexibility index (Phi) is 4.45. The summed E-state index contributed by atoms with van der Waals surface area (Å²) < 4.78 is 23.0. The summed E-state index contributed by atoms with van der Waals surface area (Å²) in [5, 5.41) is 10.1. The van der Waals surface area contributed by atoms with Crippen LogP contribution in [0, 0.1) is 0 Å². The summed E-state index contributed by atoms with van der Waals surface area (Å²) >= 11 is 6.00. The second-order valence-corrected chi connectivity index (χ2v) is 7.50. The van der Waals surface area contributed by atoms with E-state index in [9.17, 15) is 8.42 Å². The van der Waals surface area contributed by atoms with Crippen LogP contribution in [0.25, 0.3) is 10.9 Å². The Balaban J connectivity index is 1.94. The fourth-order valence-electron chi connectivity index (χ4n) is 2.52. The average molecular weight is 362 g/mol. The van der Waals surface area contributed by atoms with E-state index in [-0.39, 0.29) is 10.9 Å². The van der Waals surface area contributed by atoms with E-state index in [1.54, 1.807) is 24.4 Å². The number of aromatic nitrogens is 1. The van der Waals surface area contributed by atoms with Crippen LogP contribution in [0.2, 0.25) is 5.02 Å². The van der Waals surface area contributed by atoms with Crippen LogP contribution in [-0.2, 0) is 10.0 Å². The maximum Gasteiger partial charge on any atom is 0.238 e. The highest BCUT2D eigenvalue weighted by Crippen LogP contribution is 2.28. The number of pyridine rings is 1. The maximum atomic E-state index is 11.5. The number of hydrogen-bond donors (Lipinski definition) is 2. The van der Waals surface area contributed by atoms with Crippen molar-refractivity contribution >= 4 is 38.2 Å². The number of rotatable bonds is 4. The molecule has 0 aliphatic rings. The third-order valence-electron chi connectivity index (χ3n) is 3.76. The molecule has 3 N–H and O–H groups in total. The first kappa shape index (κ1) is 16.7. The largest absolute Gasteiger partial charge is 0.378 e. The van der Waals surface area contributed by atoms with E-state index in [1.165, 1.54) is 6.07 Å². The van der Waals surface area contributed by atoms with Gasteiger partial charge in [-0.25, -0.2) is 13.6 Å². The molecule has 0 saturated carbocycles. The topological polar surface area (TPSA) is 85.1 Å². The molecule has 0 radical (unpaired) electrons. The minimum Gasteiger partial charge on any atom is -0.378 e. The van der Waals surface area contributed by atoms with Gasteiger partial charge in [0.2, 0.25) is 10.0 Å². The zero-order chi connectivity index (χ0) is 17.3. The number of anilines is 1. The molecule has 1 aromatic heterocycles. The molecule has 5 nitrogen and oxygen atoms in total. The van der Waals surface area contributed by atoms with Crippen molar-refractivity contribution in [2.45, 2.75) is 17.9 Å².